The fourth-order valence-electron chi connectivity index (χ4n) is 7.22. The maximum Gasteiger partial charge on any atom is 0.410 e. The molecule has 252 valence electrons. The molecule has 0 radical (unpaired) electrons. The molecule has 0 bridgehead atoms. The van der Waals surface area contributed by atoms with Crippen LogP contribution in [0.25, 0.3) is 11.3 Å². The van der Waals surface area contributed by atoms with E-state index in [0.29, 0.717) is 63.0 Å². The van der Waals surface area contributed by atoms with Crippen molar-refractivity contribution in [2.24, 2.45) is 11.8 Å². The quantitative estimate of drug-likeness (QED) is 0.269. The summed E-state index contributed by atoms with van der Waals surface area (Å²) in [5, 5.41) is 9.52. The second-order valence-corrected chi connectivity index (χ2v) is 13.9. The molecule has 1 N–H and O–H groups in total. The van der Waals surface area contributed by atoms with Crippen molar-refractivity contribution in [2.75, 3.05) is 31.6 Å². The summed E-state index contributed by atoms with van der Waals surface area (Å²) in [6.07, 6.45) is 7.44. The Bertz CT molecular complexity index is 1530. The van der Waals surface area contributed by atoms with Crippen molar-refractivity contribution in [3.8, 4) is 17.0 Å². The Hall–Kier alpha value is -3.92. The topological polar surface area (TPSA) is 118 Å². The number of β-amino-alcohol motifs (C(OH)–C–C–N with tert-alkyl or cyclic N) is 1. The number of aliphatic hydroxyl groups excluding tert-OH is 1. The number of amides is 2. The maximum atomic E-state index is 14.4. The number of nitrogens with zero attached hydrogens (tertiary/aromatic N) is 4. The molecule has 3 fully saturated rings. The summed E-state index contributed by atoms with van der Waals surface area (Å²) in [6, 6.07) is 12.2. The van der Waals surface area contributed by atoms with Crippen LogP contribution in [0.5, 0.6) is 5.75 Å². The van der Waals surface area contributed by atoms with E-state index in [9.17, 15) is 14.7 Å². The second-order valence-electron chi connectivity index (χ2n) is 13.9. The van der Waals surface area contributed by atoms with E-state index < -0.39 is 6.10 Å². The zero-order valence-corrected chi connectivity index (χ0v) is 28.1. The first-order valence-electron chi connectivity index (χ1n) is 17.2. The van der Waals surface area contributed by atoms with Gasteiger partial charge in [0, 0.05) is 41.2 Å². The summed E-state index contributed by atoms with van der Waals surface area (Å²) in [4.78, 5) is 39.8. The highest BCUT2D eigenvalue weighted by Crippen LogP contribution is 2.38. The highest BCUT2D eigenvalue weighted by atomic mass is 16.6. The number of carbonyl (C=O) groups is 2. The molecule has 0 unspecified atom stereocenters. The van der Waals surface area contributed by atoms with E-state index in [-0.39, 0.29) is 29.9 Å². The predicted octanol–water partition coefficient (Wildman–Crippen LogP) is 6.86. The summed E-state index contributed by atoms with van der Waals surface area (Å²) < 4.78 is 16.8. The number of ether oxygens (including phenoxy) is 2. The molecule has 1 saturated heterocycles. The van der Waals surface area contributed by atoms with Gasteiger partial charge >= 0.3 is 6.09 Å². The first-order chi connectivity index (χ1) is 22.7. The van der Waals surface area contributed by atoms with Gasteiger partial charge in [-0.1, -0.05) is 26.0 Å². The maximum absolute atomic E-state index is 14.4. The molecule has 0 spiro atoms. The monoisotopic (exact) mass is 644 g/mol. The zero-order valence-electron chi connectivity index (χ0n) is 28.1. The standard InChI is InChI=1S/C37H48N4O6/c1-23(2)35-39-33(22-46-35)28-6-5-7-29(18-28)41(19-25-8-10-26(11-9-25)32-16-17-34(45-4)24(3)38-32)36(43)27-12-14-31(15-13-27)47-37(44)40-20-30(42)21-40/h5-7,16-18,22-23,25-27,30-31,42H,8-15,19-21H2,1-4H3/t25-,26-,27-,31-. The molecule has 2 saturated carbocycles. The van der Waals surface area contributed by atoms with Gasteiger partial charge in [0.2, 0.25) is 5.91 Å². The number of hydrogen-bond acceptors (Lipinski definition) is 8. The lowest BCUT2D eigenvalue weighted by atomic mass is 9.79. The molecule has 47 heavy (non-hydrogen) atoms. The lowest BCUT2D eigenvalue weighted by molar-refractivity contribution is -0.124. The lowest BCUT2D eigenvalue weighted by Crippen LogP contribution is -2.54. The van der Waals surface area contributed by atoms with E-state index in [1.807, 2.05) is 36.1 Å². The van der Waals surface area contributed by atoms with Gasteiger partial charge in [0.25, 0.3) is 0 Å². The lowest BCUT2D eigenvalue weighted by Gasteiger charge is -2.38. The van der Waals surface area contributed by atoms with Crippen LogP contribution in [-0.4, -0.2) is 70.9 Å². The minimum Gasteiger partial charge on any atom is -0.495 e. The van der Waals surface area contributed by atoms with Gasteiger partial charge in [0.05, 0.1) is 32.0 Å². The minimum atomic E-state index is -0.458. The third-order valence-electron chi connectivity index (χ3n) is 10.1. The number of carbonyl (C=O) groups excluding carboxylic acids is 2. The smallest absolute Gasteiger partial charge is 0.410 e. The number of pyridine rings is 1. The molecule has 2 amide bonds. The molecule has 2 aromatic heterocycles. The SMILES string of the molecule is COc1ccc([C@H]2CC[C@H](CN(c3cccc(-c4coc(C(C)C)n4)c3)C(=O)[C@H]3CC[C@H](OC(=O)N4CC(O)C4)CC3)CC2)nc1C. The molecule has 1 aliphatic heterocycles. The third-order valence-corrected chi connectivity index (χ3v) is 10.1. The normalized spacial score (nSPS) is 23.3. The number of aliphatic hydroxyl groups is 1. The van der Waals surface area contributed by atoms with Crippen LogP contribution >= 0.6 is 0 Å². The summed E-state index contributed by atoms with van der Waals surface area (Å²) >= 11 is 0. The van der Waals surface area contributed by atoms with Crippen LogP contribution in [0.4, 0.5) is 10.5 Å². The van der Waals surface area contributed by atoms with E-state index in [4.69, 9.17) is 23.9 Å². The molecule has 2 aliphatic carbocycles. The number of oxazole rings is 1. The van der Waals surface area contributed by atoms with Crippen LogP contribution in [-0.2, 0) is 9.53 Å². The Morgan fingerprint density at radius 3 is 2.40 bits per heavy atom. The van der Waals surface area contributed by atoms with Crippen molar-refractivity contribution in [3.63, 3.8) is 0 Å². The Morgan fingerprint density at radius 2 is 1.77 bits per heavy atom. The largest absolute Gasteiger partial charge is 0.495 e. The van der Waals surface area contributed by atoms with Gasteiger partial charge < -0.3 is 28.8 Å². The van der Waals surface area contributed by atoms with Crippen molar-refractivity contribution in [2.45, 2.75) is 96.2 Å². The second kappa shape index (κ2) is 14.5. The molecule has 1 aromatic carbocycles. The van der Waals surface area contributed by atoms with Gasteiger partial charge in [-0.3, -0.25) is 9.78 Å². The Kier molecular flexibility index (Phi) is 10.2. The van der Waals surface area contributed by atoms with Crippen molar-refractivity contribution in [1.29, 1.82) is 0 Å². The summed E-state index contributed by atoms with van der Waals surface area (Å²) in [6.45, 7) is 7.41. The summed E-state index contributed by atoms with van der Waals surface area (Å²) in [5.41, 5.74) is 4.61. The van der Waals surface area contributed by atoms with Crippen LogP contribution in [0.2, 0.25) is 0 Å². The number of aromatic nitrogens is 2. The molecule has 3 heterocycles. The molecule has 10 nitrogen and oxygen atoms in total. The van der Waals surface area contributed by atoms with Crippen molar-refractivity contribution in [3.05, 3.63) is 59.9 Å². The van der Waals surface area contributed by atoms with Crippen LogP contribution in [0.1, 0.15) is 94.3 Å². The van der Waals surface area contributed by atoms with Gasteiger partial charge in [-0.05, 0) is 88.5 Å². The fourth-order valence-corrected chi connectivity index (χ4v) is 7.22. The first-order valence-corrected chi connectivity index (χ1v) is 17.2. The zero-order chi connectivity index (χ0) is 33.1. The number of methoxy groups -OCH3 is 1. The average Bonchev–Trinajstić information content (AvgIpc) is 3.57. The van der Waals surface area contributed by atoms with Crippen LogP contribution in [0, 0.1) is 18.8 Å². The number of benzene rings is 1. The van der Waals surface area contributed by atoms with E-state index in [0.717, 1.165) is 59.8 Å². The highest BCUT2D eigenvalue weighted by molar-refractivity contribution is 5.95. The van der Waals surface area contributed by atoms with Crippen molar-refractivity contribution < 1.29 is 28.6 Å². The number of likely N-dealkylation sites (tertiary alicyclic amines) is 1. The molecule has 6 rings (SSSR count). The Balaban J connectivity index is 1.15. The van der Waals surface area contributed by atoms with Crippen LogP contribution in [0.15, 0.2) is 47.1 Å². The Labute approximate surface area is 277 Å². The molecule has 3 aliphatic rings. The van der Waals surface area contributed by atoms with E-state index in [2.05, 4.69) is 26.0 Å². The third kappa shape index (κ3) is 7.64. The molecule has 0 atom stereocenters. The molecular weight excluding hydrogens is 596 g/mol. The number of anilines is 1. The fraction of sp³-hybridized carbons (Fsp3) is 0.568. The van der Waals surface area contributed by atoms with Gasteiger partial charge in [-0.15, -0.1) is 0 Å². The Morgan fingerprint density at radius 1 is 1.02 bits per heavy atom. The predicted molar refractivity (Wildman–Crippen MR) is 178 cm³/mol. The number of hydrogen-bond donors (Lipinski definition) is 1. The number of rotatable bonds is 9. The van der Waals surface area contributed by atoms with Crippen molar-refractivity contribution >= 4 is 17.7 Å². The van der Waals surface area contributed by atoms with Gasteiger partial charge in [-0.2, -0.15) is 0 Å². The average molecular weight is 645 g/mol. The van der Waals surface area contributed by atoms with Gasteiger partial charge in [-0.25, -0.2) is 9.78 Å². The molecule has 3 aromatic rings. The summed E-state index contributed by atoms with van der Waals surface area (Å²) in [7, 11) is 1.67. The van der Waals surface area contributed by atoms with E-state index in [1.54, 1.807) is 13.4 Å². The minimum absolute atomic E-state index is 0.135. The molecule has 10 heteroatoms. The van der Waals surface area contributed by atoms with Gasteiger partial charge in [0.1, 0.15) is 23.8 Å². The van der Waals surface area contributed by atoms with Crippen molar-refractivity contribution in [1.82, 2.24) is 14.9 Å². The number of aryl methyl sites for hydroxylation is 1. The van der Waals surface area contributed by atoms with Crippen LogP contribution in [0.3, 0.4) is 0 Å². The van der Waals surface area contributed by atoms with Gasteiger partial charge in [0.15, 0.2) is 5.89 Å². The first kappa shape index (κ1) is 33.0. The van der Waals surface area contributed by atoms with E-state index >= 15 is 0 Å². The van der Waals surface area contributed by atoms with Crippen LogP contribution < -0.4 is 9.64 Å². The van der Waals surface area contributed by atoms with E-state index in [1.165, 1.54) is 4.90 Å². The highest BCUT2D eigenvalue weighted by Gasteiger charge is 2.36. The summed E-state index contributed by atoms with van der Waals surface area (Å²) in [5.74, 6) is 2.47. The molecular formula is C37H48N4O6.